The summed E-state index contributed by atoms with van der Waals surface area (Å²) < 4.78 is 5.68. The maximum absolute atomic E-state index is 12.4. The van der Waals surface area contributed by atoms with Crippen molar-refractivity contribution in [2.45, 2.75) is 59.0 Å². The number of aryl methyl sites for hydroxylation is 1. The highest BCUT2D eigenvalue weighted by atomic mass is 16.5. The summed E-state index contributed by atoms with van der Waals surface area (Å²) in [5, 5.41) is 0. The van der Waals surface area contributed by atoms with Crippen molar-refractivity contribution in [2.75, 3.05) is 6.54 Å². The van der Waals surface area contributed by atoms with E-state index in [9.17, 15) is 19.2 Å². The second-order valence-electron chi connectivity index (χ2n) is 8.07. The van der Waals surface area contributed by atoms with Crippen molar-refractivity contribution < 1.29 is 23.9 Å². The summed E-state index contributed by atoms with van der Waals surface area (Å²) in [5.74, 6) is -1.15. The van der Waals surface area contributed by atoms with Gasteiger partial charge in [-0.3, -0.25) is 34.9 Å². The van der Waals surface area contributed by atoms with Gasteiger partial charge in [0, 0.05) is 13.0 Å². The second-order valence-corrected chi connectivity index (χ2v) is 8.07. The molecule has 2 N–H and O–H groups in total. The Hall–Kier alpha value is -2.90. The standard InChI is InChI=1S/C22H29N3O5/c1-13-7-6-10-18(14(13)2)30-15(3)20(27)24-23-19(26)11-12-25-21(28)16-8-4-5-9-17(16)22(25)29/h6-7,10,15-17H,4-5,8-9,11-12H2,1-3H3,(H,23,26)(H,24,27)/t15-,16-,17+/m1/s1. The van der Waals surface area contributed by atoms with Crippen LogP contribution in [0.3, 0.4) is 0 Å². The van der Waals surface area contributed by atoms with E-state index in [4.69, 9.17) is 4.74 Å². The van der Waals surface area contributed by atoms with Crippen LogP contribution in [-0.2, 0) is 19.2 Å². The van der Waals surface area contributed by atoms with Crippen LogP contribution in [0.2, 0.25) is 0 Å². The summed E-state index contributed by atoms with van der Waals surface area (Å²) >= 11 is 0. The topological polar surface area (TPSA) is 105 Å². The Morgan fingerprint density at radius 2 is 1.73 bits per heavy atom. The lowest BCUT2D eigenvalue weighted by Crippen LogP contribution is -2.48. The van der Waals surface area contributed by atoms with E-state index in [0.717, 1.165) is 36.8 Å². The van der Waals surface area contributed by atoms with Gasteiger partial charge in [-0.25, -0.2) is 0 Å². The molecule has 3 atom stereocenters. The summed E-state index contributed by atoms with van der Waals surface area (Å²) in [7, 11) is 0. The largest absolute Gasteiger partial charge is 0.481 e. The quantitative estimate of drug-likeness (QED) is 0.544. The van der Waals surface area contributed by atoms with Crippen LogP contribution in [0.25, 0.3) is 0 Å². The molecule has 1 aliphatic heterocycles. The first-order chi connectivity index (χ1) is 14.3. The van der Waals surface area contributed by atoms with E-state index in [1.807, 2.05) is 26.0 Å². The second kappa shape index (κ2) is 9.28. The number of fused-ring (bicyclic) bond motifs is 1. The minimum atomic E-state index is -0.810. The number of hydrogen-bond acceptors (Lipinski definition) is 5. The molecule has 1 heterocycles. The van der Waals surface area contributed by atoms with Gasteiger partial charge < -0.3 is 4.74 Å². The van der Waals surface area contributed by atoms with E-state index < -0.39 is 17.9 Å². The molecule has 3 rings (SSSR count). The minimum absolute atomic E-state index is 0.0287. The number of hydrogen-bond donors (Lipinski definition) is 2. The van der Waals surface area contributed by atoms with Crippen LogP contribution in [-0.4, -0.2) is 41.2 Å². The molecule has 0 radical (unpaired) electrons. The zero-order valence-electron chi connectivity index (χ0n) is 17.7. The Morgan fingerprint density at radius 3 is 2.37 bits per heavy atom. The number of likely N-dealkylation sites (tertiary alicyclic amines) is 1. The van der Waals surface area contributed by atoms with E-state index in [-0.39, 0.29) is 36.6 Å². The van der Waals surface area contributed by atoms with E-state index in [1.54, 1.807) is 13.0 Å². The Kier molecular flexibility index (Phi) is 6.74. The fourth-order valence-electron chi connectivity index (χ4n) is 4.06. The first-order valence-corrected chi connectivity index (χ1v) is 10.5. The highest BCUT2D eigenvalue weighted by Gasteiger charge is 2.47. The van der Waals surface area contributed by atoms with Crippen LogP contribution in [0.15, 0.2) is 18.2 Å². The van der Waals surface area contributed by atoms with E-state index in [1.165, 1.54) is 4.90 Å². The molecule has 162 valence electrons. The lowest BCUT2D eigenvalue weighted by Gasteiger charge is -2.19. The van der Waals surface area contributed by atoms with Gasteiger partial charge in [0.05, 0.1) is 11.8 Å². The van der Waals surface area contributed by atoms with Gasteiger partial charge in [0.2, 0.25) is 17.7 Å². The molecule has 0 bridgehead atoms. The van der Waals surface area contributed by atoms with Crippen LogP contribution in [0.4, 0.5) is 0 Å². The smallest absolute Gasteiger partial charge is 0.279 e. The number of carbonyl (C=O) groups excluding carboxylic acids is 4. The van der Waals surface area contributed by atoms with Crippen molar-refractivity contribution in [3.63, 3.8) is 0 Å². The highest BCUT2D eigenvalue weighted by molar-refractivity contribution is 6.05. The number of nitrogens with one attached hydrogen (secondary N) is 2. The number of amides is 4. The molecule has 8 heteroatoms. The summed E-state index contributed by atoms with van der Waals surface area (Å²) in [6.45, 7) is 5.49. The van der Waals surface area contributed by atoms with Crippen LogP contribution < -0.4 is 15.6 Å². The molecule has 0 aromatic heterocycles. The first-order valence-electron chi connectivity index (χ1n) is 10.5. The SMILES string of the molecule is Cc1cccc(O[C@H](C)C(=O)NNC(=O)CCN2C(=O)[C@H]3CCCC[C@H]3C2=O)c1C. The first kappa shape index (κ1) is 21.8. The number of rotatable bonds is 6. The van der Waals surface area contributed by atoms with Gasteiger partial charge in [-0.2, -0.15) is 0 Å². The van der Waals surface area contributed by atoms with Crippen LogP contribution in [0, 0.1) is 25.7 Å². The molecule has 1 saturated carbocycles. The van der Waals surface area contributed by atoms with Crippen molar-refractivity contribution in [2.24, 2.45) is 11.8 Å². The van der Waals surface area contributed by atoms with Gasteiger partial charge in [0.1, 0.15) is 5.75 Å². The summed E-state index contributed by atoms with van der Waals surface area (Å²) in [5.41, 5.74) is 6.66. The maximum Gasteiger partial charge on any atom is 0.279 e. The molecule has 8 nitrogen and oxygen atoms in total. The molecule has 2 aliphatic rings. The van der Waals surface area contributed by atoms with E-state index >= 15 is 0 Å². The molecule has 0 unspecified atom stereocenters. The van der Waals surface area contributed by atoms with E-state index in [2.05, 4.69) is 10.9 Å². The van der Waals surface area contributed by atoms with Gasteiger partial charge >= 0.3 is 0 Å². The zero-order chi connectivity index (χ0) is 21.8. The number of nitrogens with zero attached hydrogens (tertiary/aromatic N) is 1. The van der Waals surface area contributed by atoms with Crippen LogP contribution in [0.1, 0.15) is 50.2 Å². The predicted octanol–water partition coefficient (Wildman–Crippen LogP) is 1.78. The minimum Gasteiger partial charge on any atom is -0.481 e. The normalized spacial score (nSPS) is 21.8. The molecular weight excluding hydrogens is 386 g/mol. The summed E-state index contributed by atoms with van der Waals surface area (Å²) in [6.07, 6.45) is 2.53. The lowest BCUT2D eigenvalue weighted by atomic mass is 9.81. The number of carbonyl (C=O) groups is 4. The van der Waals surface area contributed by atoms with Gasteiger partial charge in [-0.15, -0.1) is 0 Å². The highest BCUT2D eigenvalue weighted by Crippen LogP contribution is 2.37. The number of ether oxygens (including phenoxy) is 1. The third-order valence-electron chi connectivity index (χ3n) is 6.05. The summed E-state index contributed by atoms with van der Waals surface area (Å²) in [4.78, 5) is 50.4. The summed E-state index contributed by atoms with van der Waals surface area (Å²) in [6, 6.07) is 5.59. The van der Waals surface area contributed by atoms with Gasteiger partial charge in [0.15, 0.2) is 6.10 Å². The Morgan fingerprint density at radius 1 is 1.10 bits per heavy atom. The Balaban J connectivity index is 1.44. The molecular formula is C22H29N3O5. The van der Waals surface area contributed by atoms with Crippen molar-refractivity contribution in [3.8, 4) is 5.75 Å². The molecule has 1 saturated heterocycles. The zero-order valence-corrected chi connectivity index (χ0v) is 17.7. The fourth-order valence-corrected chi connectivity index (χ4v) is 4.06. The average molecular weight is 415 g/mol. The molecule has 1 aliphatic carbocycles. The number of benzene rings is 1. The Bertz CT molecular complexity index is 829. The number of imide groups is 1. The third kappa shape index (κ3) is 4.63. The van der Waals surface area contributed by atoms with Gasteiger partial charge in [0.25, 0.3) is 5.91 Å². The molecule has 4 amide bonds. The van der Waals surface area contributed by atoms with Crippen molar-refractivity contribution in [1.29, 1.82) is 0 Å². The lowest BCUT2D eigenvalue weighted by molar-refractivity contribution is -0.140. The third-order valence-corrected chi connectivity index (χ3v) is 6.05. The van der Waals surface area contributed by atoms with Crippen LogP contribution in [0.5, 0.6) is 5.75 Å². The van der Waals surface area contributed by atoms with Crippen molar-refractivity contribution >= 4 is 23.6 Å². The van der Waals surface area contributed by atoms with Gasteiger partial charge in [-0.05, 0) is 50.8 Å². The number of hydrazine groups is 1. The van der Waals surface area contributed by atoms with Crippen LogP contribution >= 0.6 is 0 Å². The van der Waals surface area contributed by atoms with Gasteiger partial charge in [-0.1, -0.05) is 25.0 Å². The van der Waals surface area contributed by atoms with Crippen molar-refractivity contribution in [1.82, 2.24) is 15.8 Å². The molecule has 1 aromatic carbocycles. The Labute approximate surface area is 176 Å². The molecule has 0 spiro atoms. The average Bonchev–Trinajstić information content (AvgIpc) is 2.98. The molecule has 30 heavy (non-hydrogen) atoms. The molecule has 1 aromatic rings. The maximum atomic E-state index is 12.4. The molecule has 2 fully saturated rings. The fraction of sp³-hybridized carbons (Fsp3) is 0.545. The monoisotopic (exact) mass is 415 g/mol. The van der Waals surface area contributed by atoms with Crippen molar-refractivity contribution in [3.05, 3.63) is 29.3 Å². The van der Waals surface area contributed by atoms with E-state index in [0.29, 0.717) is 5.75 Å². The predicted molar refractivity (Wildman–Crippen MR) is 109 cm³/mol.